The van der Waals surface area contributed by atoms with Crippen molar-refractivity contribution >= 4 is 17.1 Å². The molecule has 2 rings (SSSR count). The molecule has 18 heavy (non-hydrogen) atoms. The van der Waals surface area contributed by atoms with Crippen LogP contribution >= 0.6 is 0 Å². The molecular formula is C15H20N2O. The Labute approximate surface area is 108 Å². The van der Waals surface area contributed by atoms with Crippen LogP contribution in [0, 0.1) is 5.92 Å². The standard InChI is InChI=1S/C15H20N2O/c1-11-7-9-13(10-8-11)16-15-6-4-3-5-14(15)12(2)17-18/h3-6,11,18H,7-10H2,1-2H3. The summed E-state index contributed by atoms with van der Waals surface area (Å²) in [4.78, 5) is 4.75. The Morgan fingerprint density at radius 2 is 1.89 bits per heavy atom. The Morgan fingerprint density at radius 1 is 1.22 bits per heavy atom. The van der Waals surface area contributed by atoms with E-state index < -0.39 is 0 Å². The highest BCUT2D eigenvalue weighted by Crippen LogP contribution is 2.26. The van der Waals surface area contributed by atoms with Crippen LogP contribution in [0.4, 0.5) is 5.69 Å². The van der Waals surface area contributed by atoms with E-state index >= 15 is 0 Å². The van der Waals surface area contributed by atoms with Crippen molar-refractivity contribution in [3.63, 3.8) is 0 Å². The average molecular weight is 244 g/mol. The summed E-state index contributed by atoms with van der Waals surface area (Å²) in [6, 6.07) is 7.84. The highest BCUT2D eigenvalue weighted by molar-refractivity contribution is 6.03. The van der Waals surface area contributed by atoms with Gasteiger partial charge in [-0.05, 0) is 44.6 Å². The quantitative estimate of drug-likeness (QED) is 0.473. The number of benzene rings is 1. The van der Waals surface area contributed by atoms with E-state index in [-0.39, 0.29) is 0 Å². The van der Waals surface area contributed by atoms with Gasteiger partial charge >= 0.3 is 0 Å². The molecule has 96 valence electrons. The van der Waals surface area contributed by atoms with Crippen molar-refractivity contribution in [1.82, 2.24) is 0 Å². The molecule has 1 fully saturated rings. The number of hydrogen-bond acceptors (Lipinski definition) is 3. The summed E-state index contributed by atoms with van der Waals surface area (Å²) < 4.78 is 0. The maximum Gasteiger partial charge on any atom is 0.0858 e. The summed E-state index contributed by atoms with van der Waals surface area (Å²) in [5.74, 6) is 0.819. The Morgan fingerprint density at radius 3 is 2.56 bits per heavy atom. The normalized spacial score (nSPS) is 20.9. The Bertz CT molecular complexity index is 467. The van der Waals surface area contributed by atoms with E-state index in [0.29, 0.717) is 5.71 Å². The van der Waals surface area contributed by atoms with Crippen LogP contribution in [0.15, 0.2) is 34.4 Å². The zero-order valence-corrected chi connectivity index (χ0v) is 11.1. The van der Waals surface area contributed by atoms with Gasteiger partial charge in [0.15, 0.2) is 0 Å². The van der Waals surface area contributed by atoms with Crippen molar-refractivity contribution in [3.8, 4) is 0 Å². The van der Waals surface area contributed by atoms with Gasteiger partial charge in [-0.2, -0.15) is 0 Å². The third-order valence-electron chi connectivity index (χ3n) is 3.57. The van der Waals surface area contributed by atoms with E-state index in [9.17, 15) is 0 Å². The third-order valence-corrected chi connectivity index (χ3v) is 3.57. The van der Waals surface area contributed by atoms with Crippen molar-refractivity contribution in [2.24, 2.45) is 16.1 Å². The number of para-hydroxylation sites is 1. The van der Waals surface area contributed by atoms with E-state index in [2.05, 4.69) is 12.1 Å². The summed E-state index contributed by atoms with van der Waals surface area (Å²) in [7, 11) is 0. The van der Waals surface area contributed by atoms with Gasteiger partial charge in [0.25, 0.3) is 0 Å². The maximum atomic E-state index is 8.89. The first-order valence-electron chi connectivity index (χ1n) is 6.55. The number of oxime groups is 1. The summed E-state index contributed by atoms with van der Waals surface area (Å²) in [5.41, 5.74) is 3.70. The molecule has 1 aliphatic rings. The van der Waals surface area contributed by atoms with Gasteiger partial charge in [-0.1, -0.05) is 30.3 Å². The van der Waals surface area contributed by atoms with Gasteiger partial charge in [0, 0.05) is 11.3 Å². The van der Waals surface area contributed by atoms with Crippen molar-refractivity contribution in [3.05, 3.63) is 29.8 Å². The van der Waals surface area contributed by atoms with Crippen LogP contribution in [0.25, 0.3) is 0 Å². The minimum Gasteiger partial charge on any atom is -0.411 e. The molecule has 1 saturated carbocycles. The maximum absolute atomic E-state index is 8.89. The number of hydrogen-bond donors (Lipinski definition) is 1. The zero-order valence-electron chi connectivity index (χ0n) is 11.1. The molecule has 1 aromatic rings. The van der Waals surface area contributed by atoms with E-state index in [1.54, 1.807) is 6.92 Å². The summed E-state index contributed by atoms with van der Waals surface area (Å²) in [5, 5.41) is 12.2. The molecule has 0 heterocycles. The molecule has 3 heteroatoms. The van der Waals surface area contributed by atoms with E-state index in [1.165, 1.54) is 18.6 Å². The molecule has 0 spiro atoms. The molecule has 0 saturated heterocycles. The van der Waals surface area contributed by atoms with Crippen LogP contribution in [0.2, 0.25) is 0 Å². The van der Waals surface area contributed by atoms with E-state index in [4.69, 9.17) is 10.2 Å². The molecule has 1 aromatic carbocycles. The van der Waals surface area contributed by atoms with Crippen LogP contribution in [-0.2, 0) is 0 Å². The van der Waals surface area contributed by atoms with Crippen molar-refractivity contribution in [2.45, 2.75) is 39.5 Å². The Kier molecular flexibility index (Phi) is 4.13. The molecule has 1 N–H and O–H groups in total. The fourth-order valence-corrected chi connectivity index (χ4v) is 2.31. The number of rotatable bonds is 2. The zero-order chi connectivity index (χ0) is 13.0. The van der Waals surface area contributed by atoms with Gasteiger partial charge in [0.2, 0.25) is 0 Å². The van der Waals surface area contributed by atoms with Crippen LogP contribution in [0.1, 0.15) is 45.1 Å². The molecule has 0 unspecified atom stereocenters. The molecule has 0 radical (unpaired) electrons. The Balaban J connectivity index is 2.26. The molecular weight excluding hydrogens is 224 g/mol. The fraction of sp³-hybridized carbons (Fsp3) is 0.467. The van der Waals surface area contributed by atoms with E-state index in [1.807, 2.05) is 24.3 Å². The monoisotopic (exact) mass is 244 g/mol. The molecule has 0 amide bonds. The van der Waals surface area contributed by atoms with Gasteiger partial charge in [-0.15, -0.1) is 0 Å². The number of aliphatic imine (C=N–C) groups is 1. The lowest BCUT2D eigenvalue weighted by atomic mass is 9.89. The van der Waals surface area contributed by atoms with Crippen LogP contribution in [0.3, 0.4) is 0 Å². The minimum absolute atomic E-state index is 0.610. The molecule has 0 atom stereocenters. The fourth-order valence-electron chi connectivity index (χ4n) is 2.31. The summed E-state index contributed by atoms with van der Waals surface area (Å²) in [6.07, 6.45) is 4.64. The van der Waals surface area contributed by atoms with Crippen LogP contribution in [-0.4, -0.2) is 16.6 Å². The van der Waals surface area contributed by atoms with Gasteiger partial charge in [-0.25, -0.2) is 0 Å². The highest BCUT2D eigenvalue weighted by atomic mass is 16.4. The molecule has 0 bridgehead atoms. The minimum atomic E-state index is 0.610. The highest BCUT2D eigenvalue weighted by Gasteiger charge is 2.14. The molecule has 1 aliphatic carbocycles. The predicted molar refractivity (Wildman–Crippen MR) is 75.2 cm³/mol. The van der Waals surface area contributed by atoms with Crippen molar-refractivity contribution < 1.29 is 5.21 Å². The smallest absolute Gasteiger partial charge is 0.0858 e. The Hall–Kier alpha value is -1.64. The summed E-state index contributed by atoms with van der Waals surface area (Å²) >= 11 is 0. The first-order chi connectivity index (χ1) is 8.70. The van der Waals surface area contributed by atoms with Crippen molar-refractivity contribution in [1.29, 1.82) is 0 Å². The van der Waals surface area contributed by atoms with Crippen LogP contribution in [0.5, 0.6) is 0 Å². The first kappa shape index (κ1) is 12.8. The van der Waals surface area contributed by atoms with Gasteiger partial charge < -0.3 is 5.21 Å². The molecule has 3 nitrogen and oxygen atoms in total. The second kappa shape index (κ2) is 5.80. The second-order valence-electron chi connectivity index (χ2n) is 5.06. The third kappa shape index (κ3) is 2.97. The summed E-state index contributed by atoms with van der Waals surface area (Å²) in [6.45, 7) is 4.09. The van der Waals surface area contributed by atoms with Gasteiger partial charge in [-0.3, -0.25) is 4.99 Å². The lowest BCUT2D eigenvalue weighted by Crippen LogP contribution is -2.11. The largest absolute Gasteiger partial charge is 0.411 e. The predicted octanol–water partition coefficient (Wildman–Crippen LogP) is 4.17. The molecule has 0 aromatic heterocycles. The van der Waals surface area contributed by atoms with Gasteiger partial charge in [0.05, 0.1) is 11.4 Å². The first-order valence-corrected chi connectivity index (χ1v) is 6.55. The lowest BCUT2D eigenvalue weighted by molar-refractivity contribution is 0.319. The number of nitrogens with zero attached hydrogens (tertiary/aromatic N) is 2. The van der Waals surface area contributed by atoms with Gasteiger partial charge in [0.1, 0.15) is 0 Å². The SMILES string of the molecule is CC(=NO)c1ccccc1N=C1CCC(C)CC1. The topological polar surface area (TPSA) is 45.0 Å². The second-order valence-corrected chi connectivity index (χ2v) is 5.06. The van der Waals surface area contributed by atoms with E-state index in [0.717, 1.165) is 30.0 Å². The van der Waals surface area contributed by atoms with Crippen LogP contribution < -0.4 is 0 Å². The molecule has 0 aliphatic heterocycles. The lowest BCUT2D eigenvalue weighted by Gasteiger charge is -2.19. The van der Waals surface area contributed by atoms with Crippen molar-refractivity contribution in [2.75, 3.05) is 0 Å². The average Bonchev–Trinajstić information content (AvgIpc) is 2.41.